The number of aliphatic carboxylic acids is 1. The fourth-order valence-electron chi connectivity index (χ4n) is 1.52. The summed E-state index contributed by atoms with van der Waals surface area (Å²) in [6.07, 6.45) is -0.0963. The van der Waals surface area contributed by atoms with Gasteiger partial charge in [-0.25, -0.2) is 4.79 Å². The van der Waals surface area contributed by atoms with E-state index in [1.165, 1.54) is 0 Å². The summed E-state index contributed by atoms with van der Waals surface area (Å²) in [6, 6.07) is 6.79. The number of hydrogen-bond acceptors (Lipinski definition) is 3. The first-order valence-electron chi connectivity index (χ1n) is 5.93. The SMILES string of the molecule is COc1cccc(C(C)NC(=O)NCCC(=O)O)c1. The van der Waals surface area contributed by atoms with Crippen molar-refractivity contribution in [3.63, 3.8) is 0 Å². The summed E-state index contributed by atoms with van der Waals surface area (Å²) < 4.78 is 5.11. The molecule has 0 fully saturated rings. The van der Waals surface area contributed by atoms with Crippen LogP contribution in [0, 0.1) is 0 Å². The van der Waals surface area contributed by atoms with Crippen LogP contribution in [0.5, 0.6) is 5.75 Å². The molecule has 6 heteroatoms. The van der Waals surface area contributed by atoms with Crippen molar-refractivity contribution in [2.45, 2.75) is 19.4 Å². The van der Waals surface area contributed by atoms with Crippen LogP contribution >= 0.6 is 0 Å². The Kier molecular flexibility index (Phi) is 5.66. The second-order valence-electron chi connectivity index (χ2n) is 4.04. The molecule has 1 atom stereocenters. The van der Waals surface area contributed by atoms with E-state index in [1.54, 1.807) is 7.11 Å². The smallest absolute Gasteiger partial charge is 0.315 e. The highest BCUT2D eigenvalue weighted by atomic mass is 16.5. The minimum Gasteiger partial charge on any atom is -0.497 e. The fourth-order valence-corrected chi connectivity index (χ4v) is 1.52. The molecule has 0 aliphatic heterocycles. The van der Waals surface area contributed by atoms with Gasteiger partial charge in [0.1, 0.15) is 5.75 Å². The summed E-state index contributed by atoms with van der Waals surface area (Å²) in [7, 11) is 1.58. The van der Waals surface area contributed by atoms with E-state index in [9.17, 15) is 9.59 Å². The van der Waals surface area contributed by atoms with Gasteiger partial charge in [-0.05, 0) is 24.6 Å². The van der Waals surface area contributed by atoms with E-state index in [-0.39, 0.29) is 19.0 Å². The molecule has 6 nitrogen and oxygen atoms in total. The maximum Gasteiger partial charge on any atom is 0.315 e. The minimum atomic E-state index is -0.943. The fraction of sp³-hybridized carbons (Fsp3) is 0.385. The minimum absolute atomic E-state index is 0.0963. The Balaban J connectivity index is 2.46. The molecule has 19 heavy (non-hydrogen) atoms. The molecule has 3 N–H and O–H groups in total. The third kappa shape index (κ3) is 5.29. The van der Waals surface area contributed by atoms with Crippen molar-refractivity contribution in [3.05, 3.63) is 29.8 Å². The highest BCUT2D eigenvalue weighted by Crippen LogP contribution is 2.18. The van der Waals surface area contributed by atoms with E-state index in [4.69, 9.17) is 9.84 Å². The molecule has 0 bridgehead atoms. The molecule has 0 aliphatic rings. The van der Waals surface area contributed by atoms with E-state index in [2.05, 4.69) is 10.6 Å². The Labute approximate surface area is 111 Å². The number of methoxy groups -OCH3 is 1. The largest absolute Gasteiger partial charge is 0.497 e. The number of carbonyl (C=O) groups excluding carboxylic acids is 1. The van der Waals surface area contributed by atoms with Gasteiger partial charge < -0.3 is 20.5 Å². The van der Waals surface area contributed by atoms with Gasteiger partial charge >= 0.3 is 12.0 Å². The van der Waals surface area contributed by atoms with Crippen LogP contribution in [0.4, 0.5) is 4.79 Å². The summed E-state index contributed by atoms with van der Waals surface area (Å²) >= 11 is 0. The maximum atomic E-state index is 11.5. The van der Waals surface area contributed by atoms with Crippen molar-refractivity contribution < 1.29 is 19.4 Å². The summed E-state index contributed by atoms with van der Waals surface area (Å²) in [5.74, 6) is -0.224. The molecule has 1 aromatic rings. The highest BCUT2D eigenvalue weighted by Gasteiger charge is 2.10. The molecule has 1 aromatic carbocycles. The summed E-state index contributed by atoms with van der Waals surface area (Å²) in [5.41, 5.74) is 0.910. The molecule has 104 valence electrons. The van der Waals surface area contributed by atoms with Crippen molar-refractivity contribution >= 4 is 12.0 Å². The lowest BCUT2D eigenvalue weighted by Crippen LogP contribution is -2.38. The van der Waals surface area contributed by atoms with Crippen LogP contribution in [-0.2, 0) is 4.79 Å². The third-order valence-electron chi connectivity index (χ3n) is 2.57. The molecule has 0 saturated heterocycles. The highest BCUT2D eigenvalue weighted by molar-refractivity contribution is 5.75. The van der Waals surface area contributed by atoms with E-state index < -0.39 is 12.0 Å². The van der Waals surface area contributed by atoms with Crippen molar-refractivity contribution in [1.29, 1.82) is 0 Å². The molecule has 0 radical (unpaired) electrons. The number of carboxylic acids is 1. The van der Waals surface area contributed by atoms with Crippen LogP contribution in [0.3, 0.4) is 0 Å². The summed E-state index contributed by atoms with van der Waals surface area (Å²) in [5, 5.41) is 13.7. The monoisotopic (exact) mass is 266 g/mol. The van der Waals surface area contributed by atoms with Crippen LogP contribution in [0.2, 0.25) is 0 Å². The number of rotatable bonds is 6. The molecule has 0 aliphatic carbocycles. The Bertz CT molecular complexity index is 448. The normalized spacial score (nSPS) is 11.5. The van der Waals surface area contributed by atoms with Crippen molar-refractivity contribution in [3.8, 4) is 5.75 Å². The second-order valence-corrected chi connectivity index (χ2v) is 4.04. The third-order valence-corrected chi connectivity index (χ3v) is 2.57. The summed E-state index contributed by atoms with van der Waals surface area (Å²) in [4.78, 5) is 21.8. The number of urea groups is 1. The Morgan fingerprint density at radius 1 is 1.42 bits per heavy atom. The maximum absolute atomic E-state index is 11.5. The zero-order valence-electron chi connectivity index (χ0n) is 11.0. The first kappa shape index (κ1) is 14.8. The molecular weight excluding hydrogens is 248 g/mol. The lowest BCUT2D eigenvalue weighted by molar-refractivity contribution is -0.136. The second kappa shape index (κ2) is 7.25. The zero-order chi connectivity index (χ0) is 14.3. The number of carboxylic acid groups (broad SMARTS) is 1. The molecule has 0 saturated carbocycles. The van der Waals surface area contributed by atoms with Crippen LogP contribution in [0.15, 0.2) is 24.3 Å². The predicted molar refractivity (Wildman–Crippen MR) is 70.2 cm³/mol. The number of benzene rings is 1. The van der Waals surface area contributed by atoms with Gasteiger partial charge in [-0.1, -0.05) is 12.1 Å². The Morgan fingerprint density at radius 3 is 2.79 bits per heavy atom. The van der Waals surface area contributed by atoms with Gasteiger partial charge in [0.05, 0.1) is 19.6 Å². The van der Waals surface area contributed by atoms with E-state index >= 15 is 0 Å². The Morgan fingerprint density at radius 2 is 2.16 bits per heavy atom. The topological polar surface area (TPSA) is 87.7 Å². The molecule has 0 heterocycles. The van der Waals surface area contributed by atoms with E-state index in [1.807, 2.05) is 31.2 Å². The van der Waals surface area contributed by atoms with Crippen LogP contribution in [-0.4, -0.2) is 30.8 Å². The van der Waals surface area contributed by atoms with Gasteiger partial charge in [0.15, 0.2) is 0 Å². The predicted octanol–water partition coefficient (Wildman–Crippen LogP) is 1.53. The first-order chi connectivity index (χ1) is 9.02. The molecule has 2 amide bonds. The Hall–Kier alpha value is -2.24. The first-order valence-corrected chi connectivity index (χ1v) is 5.93. The van der Waals surface area contributed by atoms with Gasteiger partial charge in [-0.2, -0.15) is 0 Å². The number of hydrogen-bond donors (Lipinski definition) is 3. The van der Waals surface area contributed by atoms with Gasteiger partial charge in [-0.15, -0.1) is 0 Å². The number of nitrogens with one attached hydrogen (secondary N) is 2. The standard InChI is InChI=1S/C13H18N2O4/c1-9(10-4-3-5-11(8-10)19-2)15-13(18)14-7-6-12(16)17/h3-5,8-9H,6-7H2,1-2H3,(H,16,17)(H2,14,15,18). The lowest BCUT2D eigenvalue weighted by Gasteiger charge is -2.15. The van der Waals surface area contributed by atoms with Crippen LogP contribution < -0.4 is 15.4 Å². The molecule has 1 rings (SSSR count). The van der Waals surface area contributed by atoms with Crippen molar-refractivity contribution in [2.24, 2.45) is 0 Å². The summed E-state index contributed by atoms with van der Waals surface area (Å²) in [6.45, 7) is 1.94. The molecule has 0 aromatic heterocycles. The van der Waals surface area contributed by atoms with Crippen molar-refractivity contribution in [1.82, 2.24) is 10.6 Å². The van der Waals surface area contributed by atoms with E-state index in [0.717, 1.165) is 11.3 Å². The van der Waals surface area contributed by atoms with E-state index in [0.29, 0.717) is 0 Å². The van der Waals surface area contributed by atoms with Gasteiger partial charge in [-0.3, -0.25) is 4.79 Å². The number of carbonyl (C=O) groups is 2. The van der Waals surface area contributed by atoms with Gasteiger partial charge in [0.2, 0.25) is 0 Å². The van der Waals surface area contributed by atoms with Crippen LogP contribution in [0.25, 0.3) is 0 Å². The molecule has 0 spiro atoms. The molecule has 1 unspecified atom stereocenters. The van der Waals surface area contributed by atoms with Gasteiger partial charge in [0, 0.05) is 6.54 Å². The molecular formula is C13H18N2O4. The number of amides is 2. The average molecular weight is 266 g/mol. The zero-order valence-corrected chi connectivity index (χ0v) is 11.0. The quantitative estimate of drug-likeness (QED) is 0.728. The number of ether oxygens (including phenoxy) is 1. The average Bonchev–Trinajstić information content (AvgIpc) is 2.38. The lowest BCUT2D eigenvalue weighted by atomic mass is 10.1. The van der Waals surface area contributed by atoms with Gasteiger partial charge in [0.25, 0.3) is 0 Å². The van der Waals surface area contributed by atoms with Crippen molar-refractivity contribution in [2.75, 3.05) is 13.7 Å². The van der Waals surface area contributed by atoms with Crippen LogP contribution in [0.1, 0.15) is 24.9 Å².